The molecule has 0 unspecified atom stereocenters. The fraction of sp³-hybridized carbons (Fsp3) is 0.667. The van der Waals surface area contributed by atoms with E-state index in [0.717, 1.165) is 0 Å². The quantitative estimate of drug-likeness (QED) is 0.484. The third-order valence-electron chi connectivity index (χ3n) is 0.375. The Morgan fingerprint density at radius 2 is 2.29 bits per heavy atom. The van der Waals surface area contributed by atoms with Crippen LogP contribution in [0.1, 0.15) is 13.3 Å². The Kier molecular flexibility index (Phi) is 10.3. The third kappa shape index (κ3) is 6.76. The molecular formula is C3H6ClNaO2. The van der Waals surface area contributed by atoms with Crippen LogP contribution >= 0.6 is 11.9 Å². The van der Waals surface area contributed by atoms with Crippen LogP contribution in [-0.4, -0.2) is 35.5 Å². The van der Waals surface area contributed by atoms with Crippen LogP contribution in [0.25, 0.3) is 0 Å². The Labute approximate surface area is 69.6 Å². The first kappa shape index (κ1) is 10.7. The maximum atomic E-state index is 9.83. The van der Waals surface area contributed by atoms with Crippen LogP contribution in [0.3, 0.4) is 0 Å². The average Bonchev–Trinajstić information content (AvgIpc) is 1.65. The Bertz CT molecular complexity index is 50.9. The summed E-state index contributed by atoms with van der Waals surface area (Å²) in [4.78, 5) is 9.83. The van der Waals surface area contributed by atoms with E-state index >= 15 is 0 Å². The van der Waals surface area contributed by atoms with Gasteiger partial charge in [0.15, 0.2) is 0 Å². The van der Waals surface area contributed by atoms with Crippen LogP contribution in [0, 0.1) is 0 Å². The first-order valence-electron chi connectivity index (χ1n) is 1.62. The Hall–Kier alpha value is 0.760. The van der Waals surface area contributed by atoms with Gasteiger partial charge in [0, 0.05) is 6.42 Å². The molecule has 0 aliphatic heterocycles. The molecule has 0 aliphatic rings. The van der Waals surface area contributed by atoms with Gasteiger partial charge in [0.05, 0.1) is 0 Å². The Morgan fingerprint density at radius 3 is 2.29 bits per heavy atom. The van der Waals surface area contributed by atoms with Crippen molar-refractivity contribution in [1.29, 1.82) is 0 Å². The maximum absolute atomic E-state index is 9.83. The van der Waals surface area contributed by atoms with Gasteiger partial charge in [-0.2, -0.15) is 0 Å². The van der Waals surface area contributed by atoms with Crippen molar-refractivity contribution in [3.05, 3.63) is 0 Å². The van der Waals surface area contributed by atoms with E-state index in [1.54, 1.807) is 6.92 Å². The molecule has 7 heavy (non-hydrogen) atoms. The van der Waals surface area contributed by atoms with E-state index in [9.17, 15) is 4.79 Å². The van der Waals surface area contributed by atoms with Gasteiger partial charge in [0.1, 0.15) is 11.9 Å². The molecule has 0 amide bonds. The van der Waals surface area contributed by atoms with Crippen LogP contribution < -0.4 is 0 Å². The number of carbonyl (C=O) groups excluding carboxylic acids is 1. The predicted octanol–water partition coefficient (Wildman–Crippen LogP) is 0.445. The number of hydrogen-bond acceptors (Lipinski definition) is 2. The summed E-state index contributed by atoms with van der Waals surface area (Å²) in [5, 5.41) is 0. The molecule has 0 N–H and O–H groups in total. The second-order valence-corrected chi connectivity index (χ2v) is 0.957. The van der Waals surface area contributed by atoms with E-state index in [1.807, 2.05) is 0 Å². The van der Waals surface area contributed by atoms with Crippen molar-refractivity contribution in [3.63, 3.8) is 0 Å². The molecule has 0 spiro atoms. The third-order valence-corrected chi connectivity index (χ3v) is 0.547. The van der Waals surface area contributed by atoms with E-state index in [1.165, 1.54) is 0 Å². The van der Waals surface area contributed by atoms with Crippen LogP contribution in [-0.2, 0) is 9.08 Å². The first-order chi connectivity index (χ1) is 2.81. The van der Waals surface area contributed by atoms with Crippen molar-refractivity contribution in [2.45, 2.75) is 13.3 Å². The second-order valence-electron chi connectivity index (χ2n) is 0.803. The molecule has 0 radical (unpaired) electrons. The first-order valence-corrected chi connectivity index (χ1v) is 1.93. The van der Waals surface area contributed by atoms with Crippen molar-refractivity contribution in [2.75, 3.05) is 0 Å². The van der Waals surface area contributed by atoms with Gasteiger partial charge in [-0.3, -0.25) is 4.79 Å². The van der Waals surface area contributed by atoms with Gasteiger partial charge in [0.2, 0.25) is 0 Å². The molecule has 0 saturated carbocycles. The van der Waals surface area contributed by atoms with Gasteiger partial charge in [0.25, 0.3) is 0 Å². The molecule has 0 rings (SSSR count). The van der Waals surface area contributed by atoms with Crippen LogP contribution in [0.2, 0.25) is 0 Å². The fourth-order valence-electron chi connectivity index (χ4n) is 0.0546. The van der Waals surface area contributed by atoms with Gasteiger partial charge in [-0.05, 0) is 0 Å². The molecule has 38 valence electrons. The van der Waals surface area contributed by atoms with Crippen molar-refractivity contribution >= 4 is 47.4 Å². The minimum absolute atomic E-state index is 0. The molecule has 0 heterocycles. The van der Waals surface area contributed by atoms with Crippen molar-refractivity contribution in [3.8, 4) is 0 Å². The molecule has 4 heteroatoms. The summed E-state index contributed by atoms with van der Waals surface area (Å²) in [5.41, 5.74) is 0. The number of halogens is 1. The molecule has 0 saturated heterocycles. The summed E-state index contributed by atoms with van der Waals surface area (Å²) in [5.74, 6) is -0.392. The predicted molar refractivity (Wildman–Crippen MR) is 29.4 cm³/mol. The molecule has 0 aromatic heterocycles. The van der Waals surface area contributed by atoms with E-state index < -0.39 is 5.97 Å². The monoisotopic (exact) mass is 132 g/mol. The zero-order valence-electron chi connectivity index (χ0n) is 3.40. The van der Waals surface area contributed by atoms with Gasteiger partial charge in [-0.1, -0.05) is 6.92 Å². The van der Waals surface area contributed by atoms with Crippen LogP contribution in [0.5, 0.6) is 0 Å². The molecule has 0 bridgehead atoms. The summed E-state index contributed by atoms with van der Waals surface area (Å²) < 4.78 is 3.73. The second kappa shape index (κ2) is 6.76. The van der Waals surface area contributed by atoms with E-state index in [0.29, 0.717) is 6.42 Å². The van der Waals surface area contributed by atoms with E-state index in [-0.39, 0.29) is 29.6 Å². The minimum atomic E-state index is -0.392. The normalized spacial score (nSPS) is 6.57. The molecule has 0 atom stereocenters. The fourth-order valence-corrected chi connectivity index (χ4v) is 0.164. The molecule has 0 aliphatic carbocycles. The SMILES string of the molecule is CCC(=O)OCl.[NaH]. The van der Waals surface area contributed by atoms with Crippen LogP contribution in [0.15, 0.2) is 0 Å². The van der Waals surface area contributed by atoms with Gasteiger partial charge >= 0.3 is 35.5 Å². The number of carbonyl (C=O) groups is 1. The summed E-state index contributed by atoms with van der Waals surface area (Å²) in [6, 6.07) is 0. The van der Waals surface area contributed by atoms with Crippen molar-refractivity contribution in [2.24, 2.45) is 0 Å². The number of rotatable bonds is 1. The number of hydrogen-bond donors (Lipinski definition) is 0. The molecule has 2 nitrogen and oxygen atoms in total. The van der Waals surface area contributed by atoms with Gasteiger partial charge in [-0.15, -0.1) is 0 Å². The summed E-state index contributed by atoms with van der Waals surface area (Å²) >= 11 is 4.60. The summed E-state index contributed by atoms with van der Waals surface area (Å²) in [6.07, 6.45) is 0.337. The van der Waals surface area contributed by atoms with Crippen molar-refractivity contribution < 1.29 is 9.08 Å². The Balaban J connectivity index is 0. The summed E-state index contributed by atoms with van der Waals surface area (Å²) in [6.45, 7) is 1.67. The molecule has 0 aromatic rings. The van der Waals surface area contributed by atoms with Gasteiger partial charge in [-0.25, -0.2) is 0 Å². The average molecular weight is 133 g/mol. The van der Waals surface area contributed by atoms with E-state index in [4.69, 9.17) is 0 Å². The Morgan fingerprint density at radius 1 is 1.86 bits per heavy atom. The molecule has 0 aromatic carbocycles. The zero-order valence-corrected chi connectivity index (χ0v) is 4.16. The molecular weight excluding hydrogens is 126 g/mol. The van der Waals surface area contributed by atoms with Crippen LogP contribution in [0.4, 0.5) is 0 Å². The molecule has 0 fully saturated rings. The van der Waals surface area contributed by atoms with E-state index in [2.05, 4.69) is 16.2 Å². The summed E-state index contributed by atoms with van der Waals surface area (Å²) in [7, 11) is 0. The topological polar surface area (TPSA) is 26.3 Å². The van der Waals surface area contributed by atoms with Crippen molar-refractivity contribution in [1.82, 2.24) is 0 Å². The standard InChI is InChI=1S/C3H5ClO2.Na.H/c1-2-3(5)6-4;;/h2H2,1H3;;. The zero-order chi connectivity index (χ0) is 4.99. The van der Waals surface area contributed by atoms with Gasteiger partial charge < -0.3 is 4.29 Å².